The first-order chi connectivity index (χ1) is 5.88. The number of hydrogen-bond acceptors (Lipinski definition) is 0. The van der Waals surface area contributed by atoms with Gasteiger partial charge in [-0.25, -0.2) is 0 Å². The highest BCUT2D eigenvalue weighted by Gasteiger charge is 1.99. The molecule has 0 aromatic carbocycles. The Labute approximate surface area is 76.0 Å². The van der Waals surface area contributed by atoms with Crippen LogP contribution in [0.2, 0.25) is 0 Å². The van der Waals surface area contributed by atoms with Crippen molar-refractivity contribution in [3.8, 4) is 0 Å². The van der Waals surface area contributed by atoms with Crippen LogP contribution in [0.5, 0.6) is 0 Å². The molecule has 1 aliphatic rings. The molecule has 0 heterocycles. The minimum atomic E-state index is 1.14. The van der Waals surface area contributed by atoms with Crippen LogP contribution in [0.4, 0.5) is 0 Å². The van der Waals surface area contributed by atoms with E-state index in [2.05, 4.69) is 25.3 Å². The van der Waals surface area contributed by atoms with Crippen LogP contribution in [0, 0.1) is 0 Å². The number of rotatable bonds is 2. The quantitative estimate of drug-likeness (QED) is 0.575. The van der Waals surface area contributed by atoms with E-state index in [0.717, 1.165) is 12.8 Å². The lowest BCUT2D eigenvalue weighted by Gasteiger charge is -2.07. The van der Waals surface area contributed by atoms with Gasteiger partial charge in [0.2, 0.25) is 0 Å². The SMILES string of the molecule is C=CC1=CCCC=C1C=C.CC. The Morgan fingerprint density at radius 2 is 1.33 bits per heavy atom. The topological polar surface area (TPSA) is 0 Å². The van der Waals surface area contributed by atoms with Crippen molar-refractivity contribution in [1.82, 2.24) is 0 Å². The molecule has 0 saturated heterocycles. The van der Waals surface area contributed by atoms with Crippen LogP contribution in [-0.2, 0) is 0 Å². The molecule has 0 radical (unpaired) electrons. The lowest BCUT2D eigenvalue weighted by Crippen LogP contribution is -1.88. The summed E-state index contributed by atoms with van der Waals surface area (Å²) in [5.41, 5.74) is 2.45. The van der Waals surface area contributed by atoms with E-state index in [1.165, 1.54) is 11.1 Å². The second-order valence-electron chi connectivity index (χ2n) is 2.30. The summed E-state index contributed by atoms with van der Waals surface area (Å²) >= 11 is 0. The predicted octanol–water partition coefficient (Wildman–Crippen LogP) is 4.03. The summed E-state index contributed by atoms with van der Waals surface area (Å²) in [5, 5.41) is 0. The third-order valence-electron chi connectivity index (χ3n) is 1.67. The molecule has 0 amide bonds. The van der Waals surface area contributed by atoms with Crippen LogP contribution < -0.4 is 0 Å². The van der Waals surface area contributed by atoms with E-state index in [9.17, 15) is 0 Å². The van der Waals surface area contributed by atoms with Gasteiger partial charge in [-0.05, 0) is 24.0 Å². The van der Waals surface area contributed by atoms with Gasteiger partial charge in [0.05, 0.1) is 0 Å². The van der Waals surface area contributed by atoms with Gasteiger partial charge in [0.1, 0.15) is 0 Å². The molecule has 0 aromatic rings. The first-order valence-electron chi connectivity index (χ1n) is 4.54. The second-order valence-corrected chi connectivity index (χ2v) is 2.30. The van der Waals surface area contributed by atoms with Gasteiger partial charge in [0.15, 0.2) is 0 Å². The van der Waals surface area contributed by atoms with Gasteiger partial charge < -0.3 is 0 Å². The largest absolute Gasteiger partial charge is 0.0985 e. The van der Waals surface area contributed by atoms with Gasteiger partial charge in [-0.3, -0.25) is 0 Å². The highest BCUT2D eigenvalue weighted by Crippen LogP contribution is 2.19. The highest BCUT2D eigenvalue weighted by atomic mass is 14.0. The third-order valence-corrected chi connectivity index (χ3v) is 1.67. The Morgan fingerprint density at radius 3 is 1.58 bits per heavy atom. The van der Waals surface area contributed by atoms with Crippen LogP contribution >= 0.6 is 0 Å². The first kappa shape index (κ1) is 11.0. The summed E-state index contributed by atoms with van der Waals surface area (Å²) in [4.78, 5) is 0. The van der Waals surface area contributed by atoms with Crippen molar-refractivity contribution in [1.29, 1.82) is 0 Å². The average molecular weight is 162 g/mol. The molecule has 0 spiro atoms. The van der Waals surface area contributed by atoms with Crippen molar-refractivity contribution in [2.24, 2.45) is 0 Å². The van der Waals surface area contributed by atoms with E-state index >= 15 is 0 Å². The fraction of sp³-hybridized carbons (Fsp3) is 0.333. The summed E-state index contributed by atoms with van der Waals surface area (Å²) in [6.45, 7) is 11.5. The highest BCUT2D eigenvalue weighted by molar-refractivity contribution is 5.46. The maximum Gasteiger partial charge on any atom is -0.0233 e. The zero-order chi connectivity index (χ0) is 9.40. The van der Waals surface area contributed by atoms with Gasteiger partial charge in [0.25, 0.3) is 0 Å². The van der Waals surface area contributed by atoms with E-state index in [1.807, 2.05) is 26.0 Å². The van der Waals surface area contributed by atoms with Crippen LogP contribution in [0.15, 0.2) is 48.6 Å². The van der Waals surface area contributed by atoms with Crippen molar-refractivity contribution < 1.29 is 0 Å². The van der Waals surface area contributed by atoms with Gasteiger partial charge in [-0.1, -0.05) is 51.3 Å². The first-order valence-corrected chi connectivity index (χ1v) is 4.54. The van der Waals surface area contributed by atoms with Crippen LogP contribution in [-0.4, -0.2) is 0 Å². The molecular weight excluding hydrogens is 144 g/mol. The number of allylic oxidation sites excluding steroid dienone is 6. The lowest BCUT2D eigenvalue weighted by atomic mass is 9.98. The van der Waals surface area contributed by atoms with Crippen molar-refractivity contribution in [3.63, 3.8) is 0 Å². The minimum absolute atomic E-state index is 1.14. The fourth-order valence-electron chi connectivity index (χ4n) is 1.12. The maximum absolute atomic E-state index is 3.73. The van der Waals surface area contributed by atoms with Crippen molar-refractivity contribution in [2.75, 3.05) is 0 Å². The van der Waals surface area contributed by atoms with Gasteiger partial charge in [0, 0.05) is 0 Å². The van der Waals surface area contributed by atoms with Crippen LogP contribution in [0.3, 0.4) is 0 Å². The van der Waals surface area contributed by atoms with Crippen LogP contribution in [0.25, 0.3) is 0 Å². The molecule has 0 aliphatic heterocycles. The molecule has 0 unspecified atom stereocenters. The normalized spacial score (nSPS) is 14.8. The summed E-state index contributed by atoms with van der Waals surface area (Å²) in [5.74, 6) is 0. The molecule has 1 rings (SSSR count). The standard InChI is InChI=1S/C10H12.C2H6/c1-3-9-7-5-6-8-10(9)4-2;1-2/h3-4,7-8H,1-2,5-6H2;1-2H3. The molecule has 0 aromatic heterocycles. The van der Waals surface area contributed by atoms with Gasteiger partial charge in [-0.15, -0.1) is 0 Å². The predicted molar refractivity (Wildman–Crippen MR) is 57.1 cm³/mol. The monoisotopic (exact) mass is 162 g/mol. The van der Waals surface area contributed by atoms with Gasteiger partial charge in [-0.2, -0.15) is 0 Å². The van der Waals surface area contributed by atoms with E-state index in [1.54, 1.807) is 0 Å². The van der Waals surface area contributed by atoms with Crippen molar-refractivity contribution in [2.45, 2.75) is 26.7 Å². The molecule has 0 N–H and O–H groups in total. The Kier molecular flexibility index (Phi) is 6.08. The summed E-state index contributed by atoms with van der Waals surface area (Å²) in [7, 11) is 0. The molecule has 12 heavy (non-hydrogen) atoms. The van der Waals surface area contributed by atoms with E-state index in [4.69, 9.17) is 0 Å². The van der Waals surface area contributed by atoms with E-state index < -0.39 is 0 Å². The number of hydrogen-bond donors (Lipinski definition) is 0. The van der Waals surface area contributed by atoms with E-state index in [-0.39, 0.29) is 0 Å². The van der Waals surface area contributed by atoms with Crippen molar-refractivity contribution >= 4 is 0 Å². The zero-order valence-electron chi connectivity index (χ0n) is 8.14. The molecule has 0 atom stereocenters. The summed E-state index contributed by atoms with van der Waals surface area (Å²) in [6, 6.07) is 0. The minimum Gasteiger partial charge on any atom is -0.0985 e. The molecule has 0 bridgehead atoms. The molecule has 0 saturated carbocycles. The van der Waals surface area contributed by atoms with Crippen molar-refractivity contribution in [3.05, 3.63) is 48.6 Å². The Morgan fingerprint density at radius 1 is 1.00 bits per heavy atom. The smallest absolute Gasteiger partial charge is 0.0233 e. The summed E-state index contributed by atoms with van der Waals surface area (Å²) in [6.07, 6.45) is 10.4. The second kappa shape index (κ2) is 6.66. The molecule has 1 aliphatic carbocycles. The fourth-order valence-corrected chi connectivity index (χ4v) is 1.12. The molecular formula is C12H18. The Hall–Kier alpha value is -1.04. The van der Waals surface area contributed by atoms with Crippen LogP contribution in [0.1, 0.15) is 26.7 Å². The van der Waals surface area contributed by atoms with Gasteiger partial charge >= 0.3 is 0 Å². The molecule has 0 fully saturated rings. The van der Waals surface area contributed by atoms with E-state index in [0.29, 0.717) is 0 Å². The lowest BCUT2D eigenvalue weighted by molar-refractivity contribution is 1.01. The zero-order valence-corrected chi connectivity index (χ0v) is 8.14. The average Bonchev–Trinajstić information content (AvgIpc) is 2.20. The molecule has 66 valence electrons. The Balaban J connectivity index is 0.000000561. The summed E-state index contributed by atoms with van der Waals surface area (Å²) < 4.78 is 0. The maximum atomic E-state index is 3.73. The molecule has 0 heteroatoms. The Bertz CT molecular complexity index is 180. The molecule has 0 nitrogen and oxygen atoms in total. The third kappa shape index (κ3) is 2.91.